The number of rotatable bonds is 9. The van der Waals surface area contributed by atoms with E-state index in [9.17, 15) is 9.59 Å². The Bertz CT molecular complexity index is 865. The van der Waals surface area contributed by atoms with Crippen LogP contribution < -0.4 is 19.5 Å². The molecule has 2 aromatic rings. The Morgan fingerprint density at radius 2 is 1.66 bits per heavy atom. The minimum atomic E-state index is -0.420. The monoisotopic (exact) mass is 421 g/mol. The van der Waals surface area contributed by atoms with Gasteiger partial charge in [0.15, 0.2) is 11.5 Å². The minimum absolute atomic E-state index is 0.0807. The third kappa shape index (κ3) is 5.00. The highest BCUT2D eigenvalue weighted by atomic mass is 32.1. The Balaban J connectivity index is 2.29. The zero-order chi connectivity index (χ0) is 21.6. The summed E-state index contributed by atoms with van der Waals surface area (Å²) in [5.41, 5.74) is 2.03. The zero-order valence-corrected chi connectivity index (χ0v) is 18.5. The van der Waals surface area contributed by atoms with Crippen LogP contribution in [0, 0.1) is 6.92 Å². The summed E-state index contributed by atoms with van der Waals surface area (Å²) in [4.78, 5) is 26.1. The van der Waals surface area contributed by atoms with E-state index in [2.05, 4.69) is 5.32 Å². The highest BCUT2D eigenvalue weighted by Gasteiger charge is 2.24. The first-order valence-electron chi connectivity index (χ1n) is 9.28. The van der Waals surface area contributed by atoms with Crippen molar-refractivity contribution in [2.24, 2.45) is 0 Å². The average molecular weight is 422 g/mol. The van der Waals surface area contributed by atoms with E-state index in [1.165, 1.54) is 32.7 Å². The quantitative estimate of drug-likeness (QED) is 0.616. The normalized spacial score (nSPS) is 10.4. The summed E-state index contributed by atoms with van der Waals surface area (Å²) >= 11 is 1.38. The Kier molecular flexibility index (Phi) is 7.90. The summed E-state index contributed by atoms with van der Waals surface area (Å²) in [6, 6.07) is 3.45. The van der Waals surface area contributed by atoms with Gasteiger partial charge in [0.2, 0.25) is 11.7 Å². The van der Waals surface area contributed by atoms with Crippen molar-refractivity contribution in [3.05, 3.63) is 33.7 Å². The van der Waals surface area contributed by atoms with Gasteiger partial charge >= 0.3 is 5.97 Å². The van der Waals surface area contributed by atoms with Crippen LogP contribution in [0.1, 0.15) is 40.2 Å². The number of hydrogen-bond donors (Lipinski definition) is 1. The van der Waals surface area contributed by atoms with Gasteiger partial charge in [-0.2, -0.15) is 0 Å². The number of anilines is 1. The SMILES string of the molecule is CCOC(=O)c1c(NC(=O)Cc2cc(OC)c(OC)c(OC)c2)sc(C)c1CC. The lowest BCUT2D eigenvalue weighted by atomic mass is 10.1. The second-order valence-corrected chi connectivity index (χ2v) is 7.40. The lowest BCUT2D eigenvalue weighted by Crippen LogP contribution is -2.17. The Hall–Kier alpha value is -2.74. The van der Waals surface area contributed by atoms with Crippen molar-refractivity contribution < 1.29 is 28.5 Å². The van der Waals surface area contributed by atoms with Gasteiger partial charge in [-0.3, -0.25) is 4.79 Å². The molecule has 0 saturated carbocycles. The maximum atomic E-state index is 12.7. The van der Waals surface area contributed by atoms with E-state index >= 15 is 0 Å². The molecule has 0 fully saturated rings. The van der Waals surface area contributed by atoms with Crippen molar-refractivity contribution >= 4 is 28.2 Å². The van der Waals surface area contributed by atoms with Crippen LogP contribution in [0.25, 0.3) is 0 Å². The molecule has 1 amide bonds. The minimum Gasteiger partial charge on any atom is -0.493 e. The van der Waals surface area contributed by atoms with Crippen LogP contribution in [0.15, 0.2) is 12.1 Å². The molecule has 2 rings (SSSR count). The fraction of sp³-hybridized carbons (Fsp3) is 0.429. The smallest absolute Gasteiger partial charge is 0.341 e. The first-order valence-corrected chi connectivity index (χ1v) is 10.1. The predicted molar refractivity (Wildman–Crippen MR) is 113 cm³/mol. The molecular weight excluding hydrogens is 394 g/mol. The van der Waals surface area contributed by atoms with Gasteiger partial charge in [0.1, 0.15) is 5.00 Å². The molecule has 7 nitrogen and oxygen atoms in total. The van der Waals surface area contributed by atoms with Gasteiger partial charge in [-0.15, -0.1) is 11.3 Å². The number of thiophene rings is 1. The number of methoxy groups -OCH3 is 3. The van der Waals surface area contributed by atoms with Gasteiger partial charge in [-0.25, -0.2) is 4.79 Å². The molecule has 0 bridgehead atoms. The van der Waals surface area contributed by atoms with Crippen molar-refractivity contribution in [3.63, 3.8) is 0 Å². The van der Waals surface area contributed by atoms with Crippen molar-refractivity contribution in [3.8, 4) is 17.2 Å². The van der Waals surface area contributed by atoms with Crippen LogP contribution in [0.3, 0.4) is 0 Å². The fourth-order valence-electron chi connectivity index (χ4n) is 3.11. The maximum Gasteiger partial charge on any atom is 0.341 e. The molecule has 0 saturated heterocycles. The molecule has 0 spiro atoms. The van der Waals surface area contributed by atoms with Crippen molar-refractivity contribution in [2.75, 3.05) is 33.3 Å². The largest absolute Gasteiger partial charge is 0.493 e. The zero-order valence-electron chi connectivity index (χ0n) is 17.6. The molecule has 29 heavy (non-hydrogen) atoms. The van der Waals surface area contributed by atoms with Crippen LogP contribution in [-0.2, 0) is 22.4 Å². The summed E-state index contributed by atoms with van der Waals surface area (Å²) < 4.78 is 21.2. The van der Waals surface area contributed by atoms with Gasteiger partial charge in [0, 0.05) is 4.88 Å². The van der Waals surface area contributed by atoms with E-state index in [1.807, 2.05) is 13.8 Å². The summed E-state index contributed by atoms with van der Waals surface area (Å²) in [6.07, 6.45) is 0.761. The number of carbonyl (C=O) groups excluding carboxylic acids is 2. The Morgan fingerprint density at radius 1 is 1.03 bits per heavy atom. The van der Waals surface area contributed by atoms with Gasteiger partial charge < -0.3 is 24.3 Å². The van der Waals surface area contributed by atoms with Crippen LogP contribution in [0.4, 0.5) is 5.00 Å². The topological polar surface area (TPSA) is 83.1 Å². The molecule has 1 heterocycles. The van der Waals surface area contributed by atoms with Crippen LogP contribution in [-0.4, -0.2) is 39.8 Å². The molecule has 0 radical (unpaired) electrons. The van der Waals surface area contributed by atoms with Gasteiger partial charge in [0.05, 0.1) is 39.9 Å². The average Bonchev–Trinajstić information content (AvgIpc) is 3.01. The molecule has 0 unspecified atom stereocenters. The van der Waals surface area contributed by atoms with Crippen LogP contribution in [0.2, 0.25) is 0 Å². The molecule has 1 aromatic carbocycles. The maximum absolute atomic E-state index is 12.7. The number of amides is 1. The van der Waals surface area contributed by atoms with Crippen molar-refractivity contribution in [1.29, 1.82) is 0 Å². The summed E-state index contributed by atoms with van der Waals surface area (Å²) in [5, 5.41) is 3.37. The number of benzene rings is 1. The molecule has 0 aliphatic carbocycles. The third-order valence-electron chi connectivity index (χ3n) is 4.38. The lowest BCUT2D eigenvalue weighted by molar-refractivity contribution is -0.115. The standard InChI is InChI=1S/C21H27NO6S/c1-7-14-12(3)29-20(18(14)21(24)28-8-2)22-17(23)11-13-9-15(25-4)19(27-6)16(10-13)26-5/h9-10H,7-8,11H2,1-6H3,(H,22,23). The summed E-state index contributed by atoms with van der Waals surface area (Å²) in [5.74, 6) is 0.736. The number of hydrogen-bond acceptors (Lipinski definition) is 7. The van der Waals surface area contributed by atoms with E-state index in [0.29, 0.717) is 39.8 Å². The second-order valence-electron chi connectivity index (χ2n) is 6.17. The molecule has 158 valence electrons. The van der Waals surface area contributed by atoms with E-state index in [-0.39, 0.29) is 18.9 Å². The molecule has 0 aliphatic rings. The molecule has 1 aromatic heterocycles. The molecule has 0 atom stereocenters. The van der Waals surface area contributed by atoms with Crippen molar-refractivity contribution in [1.82, 2.24) is 0 Å². The second kappa shape index (κ2) is 10.2. The van der Waals surface area contributed by atoms with E-state index in [0.717, 1.165) is 10.4 Å². The van der Waals surface area contributed by atoms with Crippen molar-refractivity contribution in [2.45, 2.75) is 33.6 Å². The van der Waals surface area contributed by atoms with Gasteiger partial charge in [-0.1, -0.05) is 6.92 Å². The molecule has 8 heteroatoms. The number of nitrogens with one attached hydrogen (secondary N) is 1. The third-order valence-corrected chi connectivity index (χ3v) is 5.45. The predicted octanol–water partition coefficient (Wildman–Crippen LogP) is 4.00. The summed E-state index contributed by atoms with van der Waals surface area (Å²) in [7, 11) is 4.56. The molecule has 0 aliphatic heterocycles. The van der Waals surface area contributed by atoms with E-state index in [1.54, 1.807) is 19.1 Å². The van der Waals surface area contributed by atoms with Crippen LogP contribution in [0.5, 0.6) is 17.2 Å². The number of ether oxygens (including phenoxy) is 4. The molecular formula is C21H27NO6S. The van der Waals surface area contributed by atoms with Gasteiger partial charge in [0.25, 0.3) is 0 Å². The fourth-order valence-corrected chi connectivity index (χ4v) is 4.25. The number of aryl methyl sites for hydroxylation is 1. The Labute approximate surface area is 174 Å². The van der Waals surface area contributed by atoms with E-state index in [4.69, 9.17) is 18.9 Å². The first kappa shape index (κ1) is 22.5. The highest BCUT2D eigenvalue weighted by molar-refractivity contribution is 7.16. The Morgan fingerprint density at radius 3 is 2.14 bits per heavy atom. The van der Waals surface area contributed by atoms with Crippen LogP contribution >= 0.6 is 11.3 Å². The van der Waals surface area contributed by atoms with E-state index < -0.39 is 5.97 Å². The highest BCUT2D eigenvalue weighted by Crippen LogP contribution is 2.38. The first-order chi connectivity index (χ1) is 13.9. The summed E-state index contributed by atoms with van der Waals surface area (Å²) in [6.45, 7) is 5.93. The number of esters is 1. The molecule has 1 N–H and O–H groups in total. The van der Waals surface area contributed by atoms with Gasteiger partial charge in [-0.05, 0) is 43.5 Å². The number of carbonyl (C=O) groups is 2. The lowest BCUT2D eigenvalue weighted by Gasteiger charge is -2.14.